The Morgan fingerprint density at radius 3 is 2.64 bits per heavy atom. The lowest BCUT2D eigenvalue weighted by Gasteiger charge is -2.12. The van der Waals surface area contributed by atoms with Gasteiger partial charge in [-0.1, -0.05) is 62.0 Å². The molecule has 0 saturated carbocycles. The summed E-state index contributed by atoms with van der Waals surface area (Å²) in [6.07, 6.45) is 3.50. The molecule has 0 amide bonds. The lowest BCUT2D eigenvalue weighted by atomic mass is 9.95. The van der Waals surface area contributed by atoms with Crippen LogP contribution in [0.5, 0.6) is 0 Å². The molecule has 0 aliphatic heterocycles. The maximum absolute atomic E-state index is 6.11. The van der Waals surface area contributed by atoms with E-state index in [4.69, 9.17) is 23.2 Å². The van der Waals surface area contributed by atoms with E-state index in [1.165, 1.54) is 18.8 Å². The van der Waals surface area contributed by atoms with Gasteiger partial charge in [0.05, 0.1) is 10.0 Å². The van der Waals surface area contributed by atoms with E-state index in [1.807, 2.05) is 18.2 Å². The van der Waals surface area contributed by atoms with Crippen molar-refractivity contribution < 1.29 is 0 Å². The molecular weight excluding hydrogens is 215 g/mol. The summed E-state index contributed by atoms with van der Waals surface area (Å²) in [6, 6.07) is 5.79. The number of hydrogen-bond donors (Lipinski definition) is 0. The lowest BCUT2D eigenvalue weighted by Crippen LogP contribution is -1.95. The van der Waals surface area contributed by atoms with Gasteiger partial charge in [0.1, 0.15) is 0 Å². The average molecular weight is 230 g/mol. The Labute approximate surface area is 96.2 Å². The normalized spacial score (nSPS) is 10.9. The molecule has 77 valence electrons. The highest BCUT2D eigenvalue weighted by molar-refractivity contribution is 6.42. The molecule has 1 aromatic carbocycles. The van der Waals surface area contributed by atoms with Gasteiger partial charge < -0.3 is 0 Å². The number of unbranched alkanes of at least 4 members (excludes halogenated alkanes) is 1. The highest BCUT2D eigenvalue weighted by Crippen LogP contribution is 2.32. The first kappa shape index (κ1) is 11.9. The molecule has 1 aromatic rings. The minimum absolute atomic E-state index is 0.639. The summed E-state index contributed by atoms with van der Waals surface area (Å²) in [6.45, 7) is 4.31. The predicted molar refractivity (Wildman–Crippen MR) is 64.0 cm³/mol. The summed E-state index contributed by atoms with van der Waals surface area (Å²) in [7, 11) is 0. The molecule has 0 N–H and O–H groups in total. The van der Waals surface area contributed by atoms with E-state index in [-0.39, 0.29) is 0 Å². The highest BCUT2D eigenvalue weighted by Gasteiger charge is 2.11. The Balaban J connectivity index is 2.79. The van der Waals surface area contributed by atoms with Crippen molar-refractivity contribution in [3.05, 3.63) is 39.7 Å². The van der Waals surface area contributed by atoms with Gasteiger partial charge in [-0.25, -0.2) is 0 Å². The Morgan fingerprint density at radius 1 is 1.29 bits per heavy atom. The molecule has 0 aliphatic rings. The molecule has 0 heterocycles. The van der Waals surface area contributed by atoms with E-state index in [9.17, 15) is 0 Å². The monoisotopic (exact) mass is 229 g/mol. The van der Waals surface area contributed by atoms with Crippen molar-refractivity contribution >= 4 is 23.2 Å². The van der Waals surface area contributed by atoms with Gasteiger partial charge in [-0.2, -0.15) is 0 Å². The Bertz CT molecular complexity index is 294. The molecule has 0 atom stereocenters. The SMILES string of the molecule is CCCC[C](C)c1cccc(Cl)c1Cl. The van der Waals surface area contributed by atoms with Crippen LogP contribution in [0, 0.1) is 5.92 Å². The summed E-state index contributed by atoms with van der Waals surface area (Å²) in [5.41, 5.74) is 1.09. The van der Waals surface area contributed by atoms with Gasteiger partial charge in [-0.15, -0.1) is 0 Å². The van der Waals surface area contributed by atoms with Crippen LogP contribution in [0.15, 0.2) is 18.2 Å². The number of benzene rings is 1. The average Bonchev–Trinajstić information content (AvgIpc) is 2.18. The van der Waals surface area contributed by atoms with Crippen LogP contribution in [0.3, 0.4) is 0 Å². The maximum atomic E-state index is 6.11. The van der Waals surface area contributed by atoms with Crippen LogP contribution in [0.4, 0.5) is 0 Å². The highest BCUT2D eigenvalue weighted by atomic mass is 35.5. The molecule has 2 heteroatoms. The summed E-state index contributed by atoms with van der Waals surface area (Å²) in [5.74, 6) is 1.32. The van der Waals surface area contributed by atoms with Crippen LogP contribution in [0.1, 0.15) is 38.7 Å². The van der Waals surface area contributed by atoms with Gasteiger partial charge in [-0.05, 0) is 18.1 Å². The second-order valence-electron chi connectivity index (χ2n) is 3.49. The van der Waals surface area contributed by atoms with Crippen molar-refractivity contribution in [1.82, 2.24) is 0 Å². The summed E-state index contributed by atoms with van der Waals surface area (Å²) < 4.78 is 0. The number of halogens is 2. The predicted octanol–water partition coefficient (Wildman–Crippen LogP) is 5.13. The fraction of sp³-hybridized carbons (Fsp3) is 0.417. The molecule has 0 nitrogen and oxygen atoms in total. The van der Waals surface area contributed by atoms with E-state index < -0.39 is 0 Å². The molecule has 0 spiro atoms. The van der Waals surface area contributed by atoms with Crippen LogP contribution < -0.4 is 0 Å². The van der Waals surface area contributed by atoms with E-state index in [1.54, 1.807) is 0 Å². The molecule has 0 aliphatic carbocycles. The first-order chi connectivity index (χ1) is 6.66. The minimum atomic E-state index is 0.639. The van der Waals surface area contributed by atoms with E-state index in [0.717, 1.165) is 12.0 Å². The fourth-order valence-corrected chi connectivity index (χ4v) is 1.87. The van der Waals surface area contributed by atoms with Crippen molar-refractivity contribution in [1.29, 1.82) is 0 Å². The van der Waals surface area contributed by atoms with Crippen LogP contribution in [0.25, 0.3) is 0 Å². The number of hydrogen-bond acceptors (Lipinski definition) is 0. The molecule has 0 bridgehead atoms. The van der Waals surface area contributed by atoms with Crippen molar-refractivity contribution in [3.63, 3.8) is 0 Å². The third-order valence-corrected chi connectivity index (χ3v) is 3.14. The Hall–Kier alpha value is -0.200. The molecule has 0 aromatic heterocycles. The van der Waals surface area contributed by atoms with Crippen molar-refractivity contribution in [2.45, 2.75) is 33.1 Å². The Morgan fingerprint density at radius 2 is 2.00 bits per heavy atom. The van der Waals surface area contributed by atoms with E-state index >= 15 is 0 Å². The van der Waals surface area contributed by atoms with E-state index in [0.29, 0.717) is 10.0 Å². The summed E-state index contributed by atoms with van der Waals surface area (Å²) >= 11 is 12.1. The van der Waals surface area contributed by atoms with Crippen molar-refractivity contribution in [2.75, 3.05) is 0 Å². The zero-order valence-corrected chi connectivity index (χ0v) is 10.1. The van der Waals surface area contributed by atoms with Gasteiger partial charge in [0.2, 0.25) is 0 Å². The van der Waals surface area contributed by atoms with Gasteiger partial charge in [0.25, 0.3) is 0 Å². The third-order valence-electron chi connectivity index (χ3n) is 2.32. The number of rotatable bonds is 4. The third kappa shape index (κ3) is 2.90. The molecule has 1 rings (SSSR count). The topological polar surface area (TPSA) is 0 Å². The van der Waals surface area contributed by atoms with Crippen LogP contribution in [-0.4, -0.2) is 0 Å². The van der Waals surface area contributed by atoms with Crippen LogP contribution in [-0.2, 0) is 0 Å². The molecule has 0 unspecified atom stereocenters. The summed E-state index contributed by atoms with van der Waals surface area (Å²) in [5, 5.41) is 1.32. The standard InChI is InChI=1S/C12H15Cl2/c1-3-4-6-9(2)10-7-5-8-11(13)12(10)14/h5,7-8H,3-4,6H2,1-2H3. The first-order valence-electron chi connectivity index (χ1n) is 4.93. The molecule has 1 radical (unpaired) electrons. The van der Waals surface area contributed by atoms with Gasteiger partial charge in [0, 0.05) is 5.92 Å². The van der Waals surface area contributed by atoms with Crippen LogP contribution in [0.2, 0.25) is 10.0 Å². The maximum Gasteiger partial charge on any atom is 0.0630 e. The quantitative estimate of drug-likeness (QED) is 0.672. The molecule has 0 fully saturated rings. The molecular formula is C12H15Cl2. The Kier molecular flexibility index (Phi) is 4.77. The van der Waals surface area contributed by atoms with E-state index in [2.05, 4.69) is 13.8 Å². The second-order valence-corrected chi connectivity index (χ2v) is 4.27. The molecule has 14 heavy (non-hydrogen) atoms. The fourth-order valence-electron chi connectivity index (χ4n) is 1.41. The van der Waals surface area contributed by atoms with Crippen molar-refractivity contribution in [3.8, 4) is 0 Å². The van der Waals surface area contributed by atoms with Crippen molar-refractivity contribution in [2.24, 2.45) is 0 Å². The van der Waals surface area contributed by atoms with Gasteiger partial charge in [0.15, 0.2) is 0 Å². The smallest absolute Gasteiger partial charge is 0.0630 e. The molecule has 0 saturated heterocycles. The summed E-state index contributed by atoms with van der Waals surface area (Å²) in [4.78, 5) is 0. The lowest BCUT2D eigenvalue weighted by molar-refractivity contribution is 0.743. The zero-order valence-electron chi connectivity index (χ0n) is 8.61. The first-order valence-corrected chi connectivity index (χ1v) is 5.69. The van der Waals surface area contributed by atoms with Gasteiger partial charge in [-0.3, -0.25) is 0 Å². The largest absolute Gasteiger partial charge is 0.0827 e. The van der Waals surface area contributed by atoms with Gasteiger partial charge >= 0.3 is 0 Å². The second kappa shape index (κ2) is 5.63. The zero-order chi connectivity index (χ0) is 10.6. The van der Waals surface area contributed by atoms with Crippen LogP contribution >= 0.6 is 23.2 Å². The minimum Gasteiger partial charge on any atom is -0.0827 e.